The van der Waals surface area contributed by atoms with E-state index in [9.17, 15) is 14.4 Å². The predicted octanol–water partition coefficient (Wildman–Crippen LogP) is 3.49. The minimum absolute atomic E-state index is 0.213. The van der Waals surface area contributed by atoms with Crippen molar-refractivity contribution in [2.24, 2.45) is 0 Å². The van der Waals surface area contributed by atoms with Crippen molar-refractivity contribution in [2.45, 2.75) is 32.9 Å². The minimum atomic E-state index is -0.671. The topological polar surface area (TPSA) is 106 Å². The second-order valence-electron chi connectivity index (χ2n) is 7.85. The number of anilines is 1. The number of ether oxygens (including phenoxy) is 2. The van der Waals surface area contributed by atoms with Gasteiger partial charge in [-0.25, -0.2) is 4.79 Å². The van der Waals surface area contributed by atoms with E-state index in [1.165, 1.54) is 6.08 Å². The van der Waals surface area contributed by atoms with E-state index in [0.717, 1.165) is 11.1 Å². The molecule has 8 heteroatoms. The molecule has 32 heavy (non-hydrogen) atoms. The third-order valence-corrected chi connectivity index (χ3v) is 4.09. The van der Waals surface area contributed by atoms with Crippen molar-refractivity contribution in [1.29, 1.82) is 0 Å². The van der Waals surface area contributed by atoms with Crippen LogP contribution >= 0.6 is 0 Å². The molecule has 0 aromatic heterocycles. The number of rotatable bonds is 8. The average Bonchev–Trinajstić information content (AvgIpc) is 2.74. The molecular formula is C24H29N3O5. The molecule has 0 spiro atoms. The van der Waals surface area contributed by atoms with Crippen molar-refractivity contribution in [3.8, 4) is 5.75 Å². The maximum atomic E-state index is 12.2. The van der Waals surface area contributed by atoms with Gasteiger partial charge < -0.3 is 25.4 Å². The first-order valence-corrected chi connectivity index (χ1v) is 10.1. The molecule has 0 aliphatic carbocycles. The fraction of sp³-hybridized carbons (Fsp3) is 0.292. The highest BCUT2D eigenvalue weighted by molar-refractivity contribution is 5.95. The average molecular weight is 440 g/mol. The fourth-order valence-electron chi connectivity index (χ4n) is 2.67. The minimum Gasteiger partial charge on any atom is -0.496 e. The highest BCUT2D eigenvalue weighted by Crippen LogP contribution is 2.18. The number of carbonyl (C=O) groups excluding carboxylic acids is 3. The molecule has 170 valence electrons. The Kier molecular flexibility index (Phi) is 8.83. The Labute approximate surface area is 188 Å². The van der Waals surface area contributed by atoms with Crippen LogP contribution in [0.25, 0.3) is 6.08 Å². The summed E-state index contributed by atoms with van der Waals surface area (Å²) in [4.78, 5) is 36.1. The molecule has 8 nitrogen and oxygen atoms in total. The Morgan fingerprint density at radius 2 is 1.66 bits per heavy atom. The number of benzene rings is 2. The van der Waals surface area contributed by atoms with Crippen LogP contribution in [0.2, 0.25) is 0 Å². The largest absolute Gasteiger partial charge is 0.496 e. The fourth-order valence-corrected chi connectivity index (χ4v) is 2.67. The van der Waals surface area contributed by atoms with Gasteiger partial charge in [0, 0.05) is 23.9 Å². The van der Waals surface area contributed by atoms with Crippen LogP contribution in [0.4, 0.5) is 10.5 Å². The Morgan fingerprint density at radius 1 is 0.969 bits per heavy atom. The lowest BCUT2D eigenvalue weighted by molar-refractivity contribution is -0.116. The van der Waals surface area contributed by atoms with E-state index in [4.69, 9.17) is 9.47 Å². The van der Waals surface area contributed by atoms with Crippen LogP contribution in [-0.4, -0.2) is 37.2 Å². The standard InChI is InChI=1S/C24H29N3O5/c1-24(2,3)32-23(30)26-16-22(29)27-19-11-7-5-10-18(19)15-25-21(28)14-13-17-9-6-8-12-20(17)31-4/h5-14H,15-16H2,1-4H3,(H,25,28)(H,26,30)(H,27,29)/b14-13+. The van der Waals surface area contributed by atoms with Gasteiger partial charge in [-0.3, -0.25) is 9.59 Å². The number of para-hydroxylation sites is 2. The normalized spacial score (nSPS) is 11.0. The third-order valence-electron chi connectivity index (χ3n) is 4.09. The molecule has 2 aromatic carbocycles. The molecule has 0 aliphatic rings. The number of methoxy groups -OCH3 is 1. The molecule has 3 N–H and O–H groups in total. The van der Waals surface area contributed by atoms with Crippen LogP contribution in [0.3, 0.4) is 0 Å². The van der Waals surface area contributed by atoms with Crippen LogP contribution in [0, 0.1) is 0 Å². The van der Waals surface area contributed by atoms with Gasteiger partial charge in [0.15, 0.2) is 0 Å². The molecule has 0 bridgehead atoms. The molecule has 0 atom stereocenters. The molecule has 0 heterocycles. The second kappa shape index (κ2) is 11.5. The number of carbonyl (C=O) groups is 3. The van der Waals surface area contributed by atoms with Crippen LogP contribution in [0.5, 0.6) is 5.75 Å². The number of hydrogen-bond acceptors (Lipinski definition) is 5. The summed E-state index contributed by atoms with van der Waals surface area (Å²) < 4.78 is 10.4. The SMILES string of the molecule is COc1ccccc1/C=C/C(=O)NCc1ccccc1NC(=O)CNC(=O)OC(C)(C)C. The Morgan fingerprint density at radius 3 is 2.38 bits per heavy atom. The smallest absolute Gasteiger partial charge is 0.408 e. The Bertz CT molecular complexity index is 980. The summed E-state index contributed by atoms with van der Waals surface area (Å²) in [6.07, 6.45) is 2.42. The zero-order valence-electron chi connectivity index (χ0n) is 18.7. The van der Waals surface area contributed by atoms with E-state index in [1.807, 2.05) is 24.3 Å². The van der Waals surface area contributed by atoms with Crippen LogP contribution in [0.1, 0.15) is 31.9 Å². The highest BCUT2D eigenvalue weighted by Gasteiger charge is 2.17. The van der Waals surface area contributed by atoms with Crippen LogP contribution in [-0.2, 0) is 20.9 Å². The van der Waals surface area contributed by atoms with Gasteiger partial charge in [0.25, 0.3) is 0 Å². The van der Waals surface area contributed by atoms with Gasteiger partial charge in [0.05, 0.1) is 7.11 Å². The summed E-state index contributed by atoms with van der Waals surface area (Å²) in [5, 5.41) is 7.93. The highest BCUT2D eigenvalue weighted by atomic mass is 16.6. The number of amides is 3. The van der Waals surface area contributed by atoms with Crippen LogP contribution < -0.4 is 20.7 Å². The summed E-state index contributed by atoms with van der Waals surface area (Å²) in [6, 6.07) is 14.5. The van der Waals surface area contributed by atoms with Gasteiger partial charge >= 0.3 is 6.09 Å². The van der Waals surface area contributed by atoms with E-state index < -0.39 is 17.6 Å². The third kappa shape index (κ3) is 8.51. The number of alkyl carbamates (subject to hydrolysis) is 1. The van der Waals surface area contributed by atoms with Crippen molar-refractivity contribution < 1.29 is 23.9 Å². The van der Waals surface area contributed by atoms with Gasteiger partial charge in [-0.05, 0) is 44.5 Å². The second-order valence-corrected chi connectivity index (χ2v) is 7.85. The maximum absolute atomic E-state index is 12.2. The molecule has 0 unspecified atom stereocenters. The van der Waals surface area contributed by atoms with Crippen molar-refractivity contribution in [1.82, 2.24) is 10.6 Å². The van der Waals surface area contributed by atoms with Crippen molar-refractivity contribution in [2.75, 3.05) is 19.0 Å². The summed E-state index contributed by atoms with van der Waals surface area (Å²) in [7, 11) is 1.57. The molecule has 0 aliphatic heterocycles. The van der Waals surface area contributed by atoms with Crippen molar-refractivity contribution in [3.63, 3.8) is 0 Å². The van der Waals surface area contributed by atoms with Crippen molar-refractivity contribution >= 4 is 29.7 Å². The molecule has 3 amide bonds. The van der Waals surface area contributed by atoms with Gasteiger partial charge in [0.2, 0.25) is 11.8 Å². The van der Waals surface area contributed by atoms with E-state index in [0.29, 0.717) is 11.4 Å². The molecule has 0 fully saturated rings. The van der Waals surface area contributed by atoms with Crippen molar-refractivity contribution in [3.05, 3.63) is 65.7 Å². The quantitative estimate of drug-likeness (QED) is 0.546. The monoisotopic (exact) mass is 439 g/mol. The molecule has 2 aromatic rings. The summed E-state index contributed by atoms with van der Waals surface area (Å²) in [6.45, 7) is 5.19. The molecule has 2 rings (SSSR count). The van der Waals surface area contributed by atoms with Gasteiger partial charge in [-0.2, -0.15) is 0 Å². The van der Waals surface area contributed by atoms with Gasteiger partial charge in [-0.15, -0.1) is 0 Å². The maximum Gasteiger partial charge on any atom is 0.408 e. The summed E-state index contributed by atoms with van der Waals surface area (Å²) in [5.41, 5.74) is 1.40. The molecule has 0 saturated carbocycles. The lowest BCUT2D eigenvalue weighted by Gasteiger charge is -2.19. The van der Waals surface area contributed by atoms with Crippen LogP contribution in [0.15, 0.2) is 54.6 Å². The van der Waals surface area contributed by atoms with Gasteiger partial charge in [0.1, 0.15) is 17.9 Å². The first-order valence-electron chi connectivity index (χ1n) is 10.1. The molecular weight excluding hydrogens is 410 g/mol. The Balaban J connectivity index is 1.90. The number of hydrogen-bond donors (Lipinski definition) is 3. The number of nitrogens with one attached hydrogen (secondary N) is 3. The van der Waals surface area contributed by atoms with E-state index >= 15 is 0 Å². The zero-order chi connectivity index (χ0) is 23.6. The van der Waals surface area contributed by atoms with E-state index in [2.05, 4.69) is 16.0 Å². The lowest BCUT2D eigenvalue weighted by Crippen LogP contribution is -2.37. The zero-order valence-corrected chi connectivity index (χ0v) is 18.7. The first kappa shape index (κ1) is 24.5. The molecule has 0 saturated heterocycles. The Hall–Kier alpha value is -3.81. The van der Waals surface area contributed by atoms with Gasteiger partial charge in [-0.1, -0.05) is 36.4 Å². The van der Waals surface area contributed by atoms with E-state index in [1.54, 1.807) is 58.2 Å². The predicted molar refractivity (Wildman–Crippen MR) is 123 cm³/mol. The summed E-state index contributed by atoms with van der Waals surface area (Å²) in [5.74, 6) is -0.0288. The summed E-state index contributed by atoms with van der Waals surface area (Å²) >= 11 is 0. The lowest BCUT2D eigenvalue weighted by atomic mass is 10.1. The first-order chi connectivity index (χ1) is 15.2. The van der Waals surface area contributed by atoms with E-state index in [-0.39, 0.29) is 19.0 Å². The molecule has 0 radical (unpaired) electrons.